The molecule has 126 valence electrons. The number of carbonyl (C=O) groups excluding carboxylic acids is 1. The summed E-state index contributed by atoms with van der Waals surface area (Å²) in [7, 11) is 2.28. The fraction of sp³-hybridized carbons (Fsp3) is 0.650. The molecule has 1 atom stereocenters. The molecule has 2 aliphatic heterocycles. The van der Waals surface area contributed by atoms with E-state index in [9.17, 15) is 4.79 Å². The standard InChI is InChI=1S/C20H30N2O/c1-16-6-8-17(9-7-16)15-20(23)22-13-10-18(11-14-22)19-5-3-4-12-21(19)2/h6-9,18-19H,3-5,10-15H2,1-2H3. The van der Waals surface area contributed by atoms with Gasteiger partial charge in [0, 0.05) is 19.1 Å². The second kappa shape index (κ2) is 7.48. The number of amides is 1. The zero-order valence-corrected chi connectivity index (χ0v) is 14.6. The Labute approximate surface area is 140 Å². The third kappa shape index (κ3) is 4.14. The lowest BCUT2D eigenvalue weighted by Crippen LogP contribution is -2.47. The lowest BCUT2D eigenvalue weighted by Gasteiger charge is -2.42. The van der Waals surface area contributed by atoms with Crippen molar-refractivity contribution in [3.05, 3.63) is 35.4 Å². The molecule has 0 bridgehead atoms. The molecule has 3 heteroatoms. The minimum absolute atomic E-state index is 0.296. The van der Waals surface area contributed by atoms with Gasteiger partial charge in [-0.3, -0.25) is 4.79 Å². The van der Waals surface area contributed by atoms with Crippen molar-refractivity contribution in [3.63, 3.8) is 0 Å². The number of likely N-dealkylation sites (tertiary alicyclic amines) is 2. The fourth-order valence-corrected chi connectivity index (χ4v) is 4.22. The van der Waals surface area contributed by atoms with Gasteiger partial charge in [-0.1, -0.05) is 36.2 Å². The number of piperidine rings is 2. The Hall–Kier alpha value is -1.35. The minimum atomic E-state index is 0.296. The Morgan fingerprint density at radius 3 is 2.39 bits per heavy atom. The third-order valence-corrected chi connectivity index (χ3v) is 5.74. The molecule has 1 aromatic rings. The first kappa shape index (κ1) is 16.5. The van der Waals surface area contributed by atoms with Crippen LogP contribution < -0.4 is 0 Å². The molecule has 1 unspecified atom stereocenters. The van der Waals surface area contributed by atoms with Gasteiger partial charge in [0.2, 0.25) is 5.91 Å². The highest BCUT2D eigenvalue weighted by molar-refractivity contribution is 5.78. The first-order valence-corrected chi connectivity index (χ1v) is 9.17. The molecule has 0 saturated carbocycles. The molecule has 0 N–H and O–H groups in total. The number of nitrogens with zero attached hydrogens (tertiary/aromatic N) is 2. The van der Waals surface area contributed by atoms with E-state index < -0.39 is 0 Å². The molecule has 1 amide bonds. The van der Waals surface area contributed by atoms with Crippen LogP contribution in [-0.2, 0) is 11.2 Å². The number of carbonyl (C=O) groups is 1. The van der Waals surface area contributed by atoms with Crippen molar-refractivity contribution in [3.8, 4) is 0 Å². The molecule has 2 fully saturated rings. The molecule has 1 aromatic carbocycles. The van der Waals surface area contributed by atoms with Crippen LogP contribution in [-0.4, -0.2) is 48.4 Å². The van der Waals surface area contributed by atoms with E-state index in [1.54, 1.807) is 0 Å². The van der Waals surface area contributed by atoms with Gasteiger partial charge in [0.05, 0.1) is 6.42 Å². The quantitative estimate of drug-likeness (QED) is 0.855. The maximum Gasteiger partial charge on any atom is 0.226 e. The zero-order valence-electron chi connectivity index (χ0n) is 14.6. The average Bonchev–Trinajstić information content (AvgIpc) is 2.57. The molecule has 0 aromatic heterocycles. The van der Waals surface area contributed by atoms with Crippen molar-refractivity contribution >= 4 is 5.91 Å². The number of aryl methyl sites for hydroxylation is 1. The van der Waals surface area contributed by atoms with Gasteiger partial charge in [0.25, 0.3) is 0 Å². The minimum Gasteiger partial charge on any atom is -0.342 e. The predicted molar refractivity (Wildman–Crippen MR) is 94.5 cm³/mol. The Bertz CT molecular complexity index is 517. The number of hydrogen-bond acceptors (Lipinski definition) is 2. The molecule has 2 saturated heterocycles. The van der Waals surface area contributed by atoms with Crippen LogP contribution in [0.15, 0.2) is 24.3 Å². The van der Waals surface area contributed by atoms with Crippen molar-refractivity contribution in [1.82, 2.24) is 9.80 Å². The summed E-state index contributed by atoms with van der Waals surface area (Å²) in [6.45, 7) is 5.22. The molecule has 0 radical (unpaired) electrons. The molecule has 2 aliphatic rings. The van der Waals surface area contributed by atoms with Crippen LogP contribution in [0.2, 0.25) is 0 Å². The average molecular weight is 314 g/mol. The van der Waals surface area contributed by atoms with E-state index in [0.29, 0.717) is 12.3 Å². The van der Waals surface area contributed by atoms with E-state index in [2.05, 4.69) is 48.0 Å². The van der Waals surface area contributed by atoms with Crippen LogP contribution in [0.5, 0.6) is 0 Å². The van der Waals surface area contributed by atoms with Crippen molar-refractivity contribution in [2.75, 3.05) is 26.7 Å². The largest absolute Gasteiger partial charge is 0.342 e. The molecular formula is C20H30N2O. The third-order valence-electron chi connectivity index (χ3n) is 5.74. The summed E-state index contributed by atoms with van der Waals surface area (Å²) in [5.74, 6) is 1.08. The van der Waals surface area contributed by atoms with Crippen LogP contribution in [0.4, 0.5) is 0 Å². The van der Waals surface area contributed by atoms with Gasteiger partial charge in [-0.2, -0.15) is 0 Å². The van der Waals surface area contributed by atoms with E-state index >= 15 is 0 Å². The predicted octanol–water partition coefficient (Wildman–Crippen LogP) is 3.26. The van der Waals surface area contributed by atoms with Crippen LogP contribution in [0.1, 0.15) is 43.2 Å². The summed E-state index contributed by atoms with van der Waals surface area (Å²) < 4.78 is 0. The smallest absolute Gasteiger partial charge is 0.226 e. The van der Waals surface area contributed by atoms with Gasteiger partial charge in [0.15, 0.2) is 0 Å². The van der Waals surface area contributed by atoms with E-state index in [1.165, 1.54) is 44.2 Å². The lowest BCUT2D eigenvalue weighted by molar-refractivity contribution is -0.132. The number of hydrogen-bond donors (Lipinski definition) is 0. The van der Waals surface area contributed by atoms with Crippen LogP contribution in [0.25, 0.3) is 0 Å². The molecule has 0 aliphatic carbocycles. The molecule has 23 heavy (non-hydrogen) atoms. The van der Waals surface area contributed by atoms with Gasteiger partial charge < -0.3 is 9.80 Å². The Kier molecular flexibility index (Phi) is 5.37. The second-order valence-electron chi connectivity index (χ2n) is 7.42. The zero-order chi connectivity index (χ0) is 16.2. The monoisotopic (exact) mass is 314 g/mol. The fourth-order valence-electron chi connectivity index (χ4n) is 4.22. The van der Waals surface area contributed by atoms with Crippen LogP contribution >= 0.6 is 0 Å². The topological polar surface area (TPSA) is 23.6 Å². The lowest BCUT2D eigenvalue weighted by atomic mass is 9.84. The Balaban J connectivity index is 1.50. The van der Waals surface area contributed by atoms with Crippen molar-refractivity contribution in [1.29, 1.82) is 0 Å². The van der Waals surface area contributed by atoms with Gasteiger partial charge in [-0.05, 0) is 57.7 Å². The van der Waals surface area contributed by atoms with Gasteiger partial charge in [-0.15, -0.1) is 0 Å². The molecular weight excluding hydrogens is 284 g/mol. The van der Waals surface area contributed by atoms with Crippen LogP contribution in [0, 0.1) is 12.8 Å². The van der Waals surface area contributed by atoms with E-state index in [4.69, 9.17) is 0 Å². The highest BCUT2D eigenvalue weighted by Gasteiger charge is 2.31. The molecule has 3 nitrogen and oxygen atoms in total. The summed E-state index contributed by atoms with van der Waals surface area (Å²) in [4.78, 5) is 17.2. The highest BCUT2D eigenvalue weighted by atomic mass is 16.2. The summed E-state index contributed by atoms with van der Waals surface area (Å²) >= 11 is 0. The second-order valence-corrected chi connectivity index (χ2v) is 7.42. The summed E-state index contributed by atoms with van der Waals surface area (Å²) in [6.07, 6.45) is 6.97. The first-order valence-electron chi connectivity index (χ1n) is 9.17. The molecule has 0 spiro atoms. The van der Waals surface area contributed by atoms with Crippen molar-refractivity contribution in [2.45, 2.75) is 51.5 Å². The van der Waals surface area contributed by atoms with Crippen molar-refractivity contribution in [2.24, 2.45) is 5.92 Å². The maximum atomic E-state index is 12.5. The molecule has 2 heterocycles. The van der Waals surface area contributed by atoms with E-state index in [0.717, 1.165) is 30.6 Å². The molecule has 3 rings (SSSR count). The van der Waals surface area contributed by atoms with Crippen LogP contribution in [0.3, 0.4) is 0 Å². The highest BCUT2D eigenvalue weighted by Crippen LogP contribution is 2.29. The Morgan fingerprint density at radius 1 is 1.04 bits per heavy atom. The number of benzene rings is 1. The summed E-state index contributed by atoms with van der Waals surface area (Å²) in [5.41, 5.74) is 2.38. The van der Waals surface area contributed by atoms with E-state index in [-0.39, 0.29) is 0 Å². The summed E-state index contributed by atoms with van der Waals surface area (Å²) in [6, 6.07) is 9.09. The SMILES string of the molecule is Cc1ccc(CC(=O)N2CCC(C3CCCCN3C)CC2)cc1. The van der Waals surface area contributed by atoms with Gasteiger partial charge in [0.1, 0.15) is 0 Å². The van der Waals surface area contributed by atoms with Gasteiger partial charge in [-0.25, -0.2) is 0 Å². The Morgan fingerprint density at radius 2 is 1.74 bits per heavy atom. The first-order chi connectivity index (χ1) is 11.1. The van der Waals surface area contributed by atoms with E-state index in [1.807, 2.05) is 0 Å². The number of rotatable bonds is 3. The summed E-state index contributed by atoms with van der Waals surface area (Å²) in [5, 5.41) is 0. The normalized spacial score (nSPS) is 23.9. The van der Waals surface area contributed by atoms with Gasteiger partial charge >= 0.3 is 0 Å². The maximum absolute atomic E-state index is 12.5. The van der Waals surface area contributed by atoms with Crippen molar-refractivity contribution < 1.29 is 4.79 Å².